The summed E-state index contributed by atoms with van der Waals surface area (Å²) in [6.07, 6.45) is 8.21. The molecule has 1 saturated carbocycles. The first-order valence-electron chi connectivity index (χ1n) is 9.69. The molecule has 1 amide bonds. The number of carbonyl (C=O) groups is 1. The molecule has 0 atom stereocenters. The summed E-state index contributed by atoms with van der Waals surface area (Å²) in [5.41, 5.74) is 1.76. The van der Waals surface area contributed by atoms with Crippen molar-refractivity contribution in [2.24, 2.45) is 5.92 Å². The molecule has 2 heterocycles. The van der Waals surface area contributed by atoms with Crippen LogP contribution in [-0.4, -0.2) is 37.1 Å². The summed E-state index contributed by atoms with van der Waals surface area (Å²) in [6, 6.07) is 8.29. The molecule has 0 spiro atoms. The minimum absolute atomic E-state index is 0.0964. The van der Waals surface area contributed by atoms with E-state index >= 15 is 0 Å². The van der Waals surface area contributed by atoms with Crippen molar-refractivity contribution in [2.45, 2.75) is 36.5 Å². The van der Waals surface area contributed by atoms with Gasteiger partial charge >= 0.3 is 0 Å². The number of hydrogen-bond acceptors (Lipinski definition) is 6. The largest absolute Gasteiger partial charge is 0.440 e. The van der Waals surface area contributed by atoms with Gasteiger partial charge in [0.2, 0.25) is 0 Å². The molecule has 1 N–H and O–H groups in total. The minimum atomic E-state index is -3.27. The van der Waals surface area contributed by atoms with E-state index in [9.17, 15) is 13.2 Å². The maximum absolute atomic E-state index is 12.2. The summed E-state index contributed by atoms with van der Waals surface area (Å²) >= 11 is 0. The van der Waals surface area contributed by atoms with Gasteiger partial charge in [-0.05, 0) is 61.9 Å². The van der Waals surface area contributed by atoms with Crippen molar-refractivity contribution in [3.8, 4) is 0 Å². The van der Waals surface area contributed by atoms with Gasteiger partial charge in [-0.15, -0.1) is 0 Å². The van der Waals surface area contributed by atoms with Crippen LogP contribution in [-0.2, 0) is 9.84 Å². The van der Waals surface area contributed by atoms with E-state index in [-0.39, 0.29) is 16.7 Å². The lowest BCUT2D eigenvalue weighted by molar-refractivity contribution is 0.0942. The van der Waals surface area contributed by atoms with Crippen molar-refractivity contribution in [2.75, 3.05) is 12.8 Å². The van der Waals surface area contributed by atoms with Gasteiger partial charge in [-0.25, -0.2) is 13.4 Å². The molecule has 0 radical (unpaired) electrons. The minimum Gasteiger partial charge on any atom is -0.440 e. The number of nitrogens with zero attached hydrogens (tertiary/aromatic N) is 2. The highest BCUT2D eigenvalue weighted by Gasteiger charge is 2.26. The maximum atomic E-state index is 12.2. The fourth-order valence-electron chi connectivity index (χ4n) is 3.78. The lowest BCUT2D eigenvalue weighted by Crippen LogP contribution is -2.31. The fraction of sp³-hybridized carbons (Fsp3) is 0.381. The van der Waals surface area contributed by atoms with E-state index in [1.54, 1.807) is 42.7 Å². The molecule has 8 heteroatoms. The Morgan fingerprint density at radius 1 is 1.21 bits per heavy atom. The van der Waals surface area contributed by atoms with E-state index in [1.807, 2.05) is 0 Å². The molecular formula is C21H23N3O4S. The standard InChI is InChI=1S/C21H23N3O4S/c1-29(26,27)17-8-9-19-18(11-17)24-21(28-19)15-6-4-14(5-7-15)12-23-20(25)16-3-2-10-22-13-16/h2-3,8-11,13-15H,4-7,12H2,1H3,(H,23,25). The molecule has 1 fully saturated rings. The highest BCUT2D eigenvalue weighted by atomic mass is 32.2. The second-order valence-electron chi connectivity index (χ2n) is 7.62. The summed E-state index contributed by atoms with van der Waals surface area (Å²) in [5.74, 6) is 1.21. The molecule has 7 nitrogen and oxygen atoms in total. The third-order valence-electron chi connectivity index (χ3n) is 5.47. The predicted molar refractivity (Wildman–Crippen MR) is 108 cm³/mol. The number of hydrogen-bond donors (Lipinski definition) is 1. The SMILES string of the molecule is CS(=O)(=O)c1ccc2oc(C3CCC(CNC(=O)c4cccnc4)CC3)nc2c1. The predicted octanol–water partition coefficient (Wildman–Crippen LogP) is 3.33. The number of benzene rings is 1. The van der Waals surface area contributed by atoms with E-state index in [1.165, 1.54) is 6.26 Å². The summed E-state index contributed by atoms with van der Waals surface area (Å²) in [5, 5.41) is 2.99. The van der Waals surface area contributed by atoms with Crippen LogP contribution in [0.2, 0.25) is 0 Å². The van der Waals surface area contributed by atoms with Crippen molar-refractivity contribution < 1.29 is 17.6 Å². The Balaban J connectivity index is 1.35. The Bertz CT molecular complexity index is 1120. The number of sulfone groups is 1. The van der Waals surface area contributed by atoms with Crippen LogP contribution >= 0.6 is 0 Å². The Morgan fingerprint density at radius 2 is 2.00 bits per heavy atom. The van der Waals surface area contributed by atoms with Crippen LogP contribution in [0.3, 0.4) is 0 Å². The maximum Gasteiger partial charge on any atom is 0.252 e. The average Bonchev–Trinajstić information content (AvgIpc) is 3.16. The van der Waals surface area contributed by atoms with Gasteiger partial charge in [0.1, 0.15) is 5.52 Å². The van der Waals surface area contributed by atoms with Gasteiger partial charge in [0, 0.05) is 31.1 Å². The molecule has 2 aromatic heterocycles. The molecule has 3 aromatic rings. The number of nitrogens with one attached hydrogen (secondary N) is 1. The molecule has 4 rings (SSSR count). The van der Waals surface area contributed by atoms with Crippen molar-refractivity contribution >= 4 is 26.8 Å². The summed E-state index contributed by atoms with van der Waals surface area (Å²) < 4.78 is 29.3. The highest BCUT2D eigenvalue weighted by molar-refractivity contribution is 7.90. The van der Waals surface area contributed by atoms with Crippen LogP contribution in [0.4, 0.5) is 0 Å². The quantitative estimate of drug-likeness (QED) is 0.688. The Kier molecular flexibility index (Phi) is 5.36. The second kappa shape index (κ2) is 7.94. The molecular weight excluding hydrogens is 390 g/mol. The van der Waals surface area contributed by atoms with Crippen LogP contribution in [0, 0.1) is 5.92 Å². The van der Waals surface area contributed by atoms with Crippen molar-refractivity contribution in [3.05, 3.63) is 54.2 Å². The van der Waals surface area contributed by atoms with Crippen molar-refractivity contribution in [1.82, 2.24) is 15.3 Å². The Labute approximate surface area is 169 Å². The molecule has 0 aliphatic heterocycles. The van der Waals surface area contributed by atoms with Gasteiger partial charge in [0.25, 0.3) is 5.91 Å². The molecule has 1 aliphatic rings. The summed E-state index contributed by atoms with van der Waals surface area (Å²) in [6.45, 7) is 0.645. The van der Waals surface area contributed by atoms with Crippen LogP contribution in [0.25, 0.3) is 11.1 Å². The van der Waals surface area contributed by atoms with Gasteiger partial charge < -0.3 is 9.73 Å². The highest BCUT2D eigenvalue weighted by Crippen LogP contribution is 2.36. The van der Waals surface area contributed by atoms with E-state index in [0.29, 0.717) is 35.0 Å². The van der Waals surface area contributed by atoms with Gasteiger partial charge in [0.05, 0.1) is 10.5 Å². The van der Waals surface area contributed by atoms with E-state index in [4.69, 9.17) is 4.42 Å². The van der Waals surface area contributed by atoms with Crippen molar-refractivity contribution in [3.63, 3.8) is 0 Å². The third kappa shape index (κ3) is 4.48. The summed E-state index contributed by atoms with van der Waals surface area (Å²) in [4.78, 5) is 20.9. The van der Waals surface area contributed by atoms with Crippen LogP contribution < -0.4 is 5.32 Å². The number of carbonyl (C=O) groups excluding carboxylic acids is 1. The Hall–Kier alpha value is -2.74. The monoisotopic (exact) mass is 413 g/mol. The first-order valence-corrected chi connectivity index (χ1v) is 11.6. The molecule has 0 saturated heterocycles. The lowest BCUT2D eigenvalue weighted by Gasteiger charge is -2.26. The smallest absolute Gasteiger partial charge is 0.252 e. The first kappa shape index (κ1) is 19.6. The number of pyridine rings is 1. The van der Waals surface area contributed by atoms with Gasteiger partial charge in [-0.2, -0.15) is 0 Å². The normalized spacial score (nSPS) is 19.9. The summed E-state index contributed by atoms with van der Waals surface area (Å²) in [7, 11) is -3.27. The fourth-order valence-corrected chi connectivity index (χ4v) is 4.42. The van der Waals surface area contributed by atoms with Crippen molar-refractivity contribution in [1.29, 1.82) is 0 Å². The molecule has 29 heavy (non-hydrogen) atoms. The zero-order valence-corrected chi connectivity index (χ0v) is 17.0. The number of fused-ring (bicyclic) bond motifs is 1. The molecule has 1 aliphatic carbocycles. The average molecular weight is 413 g/mol. The van der Waals surface area contributed by atoms with Crippen LogP contribution in [0.1, 0.15) is 47.8 Å². The van der Waals surface area contributed by atoms with Gasteiger partial charge in [-0.3, -0.25) is 9.78 Å². The van der Waals surface area contributed by atoms with Crippen LogP contribution in [0.5, 0.6) is 0 Å². The molecule has 1 aromatic carbocycles. The zero-order valence-electron chi connectivity index (χ0n) is 16.2. The third-order valence-corrected chi connectivity index (χ3v) is 6.58. The Morgan fingerprint density at radius 3 is 2.69 bits per heavy atom. The molecule has 152 valence electrons. The zero-order chi connectivity index (χ0) is 20.4. The molecule has 0 unspecified atom stereocenters. The van der Waals surface area contributed by atoms with Crippen LogP contribution in [0.15, 0.2) is 52.0 Å². The van der Waals surface area contributed by atoms with E-state index in [2.05, 4.69) is 15.3 Å². The topological polar surface area (TPSA) is 102 Å². The molecule has 0 bridgehead atoms. The number of oxazole rings is 1. The number of aromatic nitrogens is 2. The first-order chi connectivity index (χ1) is 13.9. The van der Waals surface area contributed by atoms with E-state index < -0.39 is 9.84 Å². The lowest BCUT2D eigenvalue weighted by atomic mass is 9.82. The van der Waals surface area contributed by atoms with Gasteiger partial charge in [0.15, 0.2) is 21.3 Å². The number of amides is 1. The second-order valence-corrected chi connectivity index (χ2v) is 9.64. The number of rotatable bonds is 5. The van der Waals surface area contributed by atoms with Gasteiger partial charge in [-0.1, -0.05) is 0 Å². The van der Waals surface area contributed by atoms with E-state index in [0.717, 1.165) is 25.7 Å².